The third-order valence-corrected chi connectivity index (χ3v) is 4.65. The highest BCUT2D eigenvalue weighted by atomic mass is 16.4. The molecule has 2 aromatic rings. The maximum absolute atomic E-state index is 13.1. The summed E-state index contributed by atoms with van der Waals surface area (Å²) in [6.07, 6.45) is 0.145. The van der Waals surface area contributed by atoms with E-state index in [9.17, 15) is 19.5 Å². The summed E-state index contributed by atoms with van der Waals surface area (Å²) < 4.78 is 0. The fourth-order valence-corrected chi connectivity index (χ4v) is 3.11. The quantitative estimate of drug-likeness (QED) is 0.698. The minimum atomic E-state index is -1.08. The maximum atomic E-state index is 13.1. The first-order chi connectivity index (χ1) is 13.4. The summed E-state index contributed by atoms with van der Waals surface area (Å²) in [7, 11) is 0. The minimum absolute atomic E-state index is 0.141. The number of nitrogens with one attached hydrogen (secondary N) is 1. The van der Waals surface area contributed by atoms with E-state index < -0.39 is 12.0 Å². The van der Waals surface area contributed by atoms with E-state index in [0.29, 0.717) is 0 Å². The molecule has 2 aromatic carbocycles. The van der Waals surface area contributed by atoms with Crippen molar-refractivity contribution >= 4 is 17.8 Å². The first kappa shape index (κ1) is 21.2. The number of carboxylic acid groups (broad SMARTS) is 1. The molecule has 0 radical (unpaired) electrons. The molecule has 0 fully saturated rings. The van der Waals surface area contributed by atoms with Crippen LogP contribution < -0.4 is 5.32 Å². The van der Waals surface area contributed by atoms with Crippen molar-refractivity contribution in [3.63, 3.8) is 0 Å². The highest BCUT2D eigenvalue weighted by molar-refractivity contribution is 5.84. The van der Waals surface area contributed by atoms with E-state index >= 15 is 0 Å². The second-order valence-corrected chi connectivity index (χ2v) is 6.66. The molecule has 0 heterocycles. The predicted octanol–water partition coefficient (Wildman–Crippen LogP) is 2.65. The summed E-state index contributed by atoms with van der Waals surface area (Å²) in [4.78, 5) is 37.0. The molecule has 6 nitrogen and oxygen atoms in total. The van der Waals surface area contributed by atoms with Crippen molar-refractivity contribution < 1.29 is 19.5 Å². The van der Waals surface area contributed by atoms with Gasteiger partial charge in [0, 0.05) is 32.4 Å². The number of amides is 2. The molecule has 0 aliphatic heterocycles. The van der Waals surface area contributed by atoms with Gasteiger partial charge in [-0.15, -0.1) is 0 Å². The van der Waals surface area contributed by atoms with Gasteiger partial charge in [-0.25, -0.2) is 4.79 Å². The molecule has 0 spiro atoms. The van der Waals surface area contributed by atoms with Crippen LogP contribution in [0.5, 0.6) is 0 Å². The van der Waals surface area contributed by atoms with Crippen molar-refractivity contribution in [2.24, 2.45) is 0 Å². The molecule has 1 unspecified atom stereocenters. The van der Waals surface area contributed by atoms with Crippen LogP contribution in [-0.2, 0) is 14.4 Å². The molecule has 0 bridgehead atoms. The lowest BCUT2D eigenvalue weighted by Gasteiger charge is -2.29. The lowest BCUT2D eigenvalue weighted by atomic mass is 9.88. The zero-order valence-corrected chi connectivity index (χ0v) is 16.2. The van der Waals surface area contributed by atoms with Crippen molar-refractivity contribution in [3.05, 3.63) is 71.8 Å². The second kappa shape index (κ2) is 10.3. The number of carboxylic acids is 1. The molecule has 2 rings (SSSR count). The van der Waals surface area contributed by atoms with Crippen molar-refractivity contribution in [2.45, 2.75) is 32.2 Å². The molecular formula is C22H26N2O4. The number of carbonyl (C=O) groups is 3. The third-order valence-electron chi connectivity index (χ3n) is 4.65. The summed E-state index contributed by atoms with van der Waals surface area (Å²) in [6, 6.07) is 18.4. The van der Waals surface area contributed by atoms with Gasteiger partial charge in [-0.1, -0.05) is 60.7 Å². The standard InChI is InChI=1S/C22H26N2O4/c1-16(22(27)28)24(14-13-23-17(2)25)21(26)15-20(18-9-5-3-6-10-18)19-11-7-4-8-12-19/h3-12,16,20H,13-15H2,1-2H3,(H,23,25)(H,27,28). The van der Waals surface area contributed by atoms with Gasteiger partial charge in [0.25, 0.3) is 0 Å². The predicted molar refractivity (Wildman–Crippen MR) is 107 cm³/mol. The smallest absolute Gasteiger partial charge is 0.326 e. The Hall–Kier alpha value is -3.15. The molecule has 0 aliphatic rings. The third kappa shape index (κ3) is 5.94. The minimum Gasteiger partial charge on any atom is -0.480 e. The summed E-state index contributed by atoms with van der Waals surface area (Å²) in [6.45, 7) is 3.21. The van der Waals surface area contributed by atoms with E-state index in [1.165, 1.54) is 18.7 Å². The lowest BCUT2D eigenvalue weighted by Crippen LogP contribution is -2.47. The van der Waals surface area contributed by atoms with E-state index in [4.69, 9.17) is 0 Å². The lowest BCUT2D eigenvalue weighted by molar-refractivity contribution is -0.149. The van der Waals surface area contributed by atoms with E-state index in [0.717, 1.165) is 11.1 Å². The second-order valence-electron chi connectivity index (χ2n) is 6.66. The SMILES string of the molecule is CC(=O)NCCN(C(=O)CC(c1ccccc1)c1ccccc1)C(C)C(=O)O. The van der Waals surface area contributed by atoms with Crippen LogP contribution in [0.2, 0.25) is 0 Å². The van der Waals surface area contributed by atoms with Crippen molar-refractivity contribution in [3.8, 4) is 0 Å². The Bertz CT molecular complexity index is 753. The van der Waals surface area contributed by atoms with Gasteiger partial charge in [0.2, 0.25) is 11.8 Å². The number of hydrogen-bond donors (Lipinski definition) is 2. The molecule has 2 N–H and O–H groups in total. The van der Waals surface area contributed by atoms with Crippen LogP contribution in [0.3, 0.4) is 0 Å². The van der Waals surface area contributed by atoms with E-state index in [-0.39, 0.29) is 37.2 Å². The molecule has 0 aliphatic carbocycles. The van der Waals surface area contributed by atoms with Crippen LogP contribution >= 0.6 is 0 Å². The summed E-state index contributed by atoms with van der Waals surface area (Å²) in [5.74, 6) is -1.74. The number of nitrogens with zero attached hydrogens (tertiary/aromatic N) is 1. The van der Waals surface area contributed by atoms with Gasteiger partial charge in [0.1, 0.15) is 6.04 Å². The number of rotatable bonds is 9. The Kier molecular flexibility index (Phi) is 7.75. The maximum Gasteiger partial charge on any atom is 0.326 e. The molecule has 148 valence electrons. The molecule has 0 saturated heterocycles. The van der Waals surface area contributed by atoms with Gasteiger partial charge in [-0.2, -0.15) is 0 Å². The number of aliphatic carboxylic acids is 1. The largest absolute Gasteiger partial charge is 0.480 e. The van der Waals surface area contributed by atoms with Gasteiger partial charge in [0.15, 0.2) is 0 Å². The summed E-state index contributed by atoms with van der Waals surface area (Å²) >= 11 is 0. The first-order valence-corrected chi connectivity index (χ1v) is 9.26. The van der Waals surface area contributed by atoms with Crippen LogP contribution in [0.1, 0.15) is 37.3 Å². The molecule has 28 heavy (non-hydrogen) atoms. The number of carbonyl (C=O) groups excluding carboxylic acids is 2. The highest BCUT2D eigenvalue weighted by Gasteiger charge is 2.28. The summed E-state index contributed by atoms with van der Waals surface area (Å²) in [5.41, 5.74) is 1.98. The Balaban J connectivity index is 2.25. The average molecular weight is 382 g/mol. The van der Waals surface area contributed by atoms with Crippen LogP contribution in [0.4, 0.5) is 0 Å². The molecule has 1 atom stereocenters. The Morgan fingerprint density at radius 2 is 1.46 bits per heavy atom. The van der Waals surface area contributed by atoms with Gasteiger partial charge in [-0.05, 0) is 18.1 Å². The fourth-order valence-electron chi connectivity index (χ4n) is 3.11. The van der Waals surface area contributed by atoms with Crippen molar-refractivity contribution in [2.75, 3.05) is 13.1 Å². The Morgan fingerprint density at radius 3 is 1.89 bits per heavy atom. The Labute approximate surface area is 165 Å². The van der Waals surface area contributed by atoms with Gasteiger partial charge in [0.05, 0.1) is 0 Å². The fraction of sp³-hybridized carbons (Fsp3) is 0.318. The highest BCUT2D eigenvalue weighted by Crippen LogP contribution is 2.28. The van der Waals surface area contributed by atoms with Crippen LogP contribution in [0.25, 0.3) is 0 Å². The number of hydrogen-bond acceptors (Lipinski definition) is 3. The molecule has 2 amide bonds. The van der Waals surface area contributed by atoms with Gasteiger partial charge < -0.3 is 15.3 Å². The molecule has 0 aromatic heterocycles. The van der Waals surface area contributed by atoms with E-state index in [2.05, 4.69) is 5.32 Å². The van der Waals surface area contributed by atoms with Crippen molar-refractivity contribution in [1.82, 2.24) is 10.2 Å². The van der Waals surface area contributed by atoms with Crippen LogP contribution in [0.15, 0.2) is 60.7 Å². The normalized spacial score (nSPS) is 11.7. The Morgan fingerprint density at radius 1 is 0.964 bits per heavy atom. The average Bonchev–Trinajstić information content (AvgIpc) is 2.69. The zero-order valence-electron chi connectivity index (χ0n) is 16.2. The van der Waals surface area contributed by atoms with Crippen LogP contribution in [0, 0.1) is 0 Å². The first-order valence-electron chi connectivity index (χ1n) is 9.26. The van der Waals surface area contributed by atoms with Gasteiger partial charge in [-0.3, -0.25) is 9.59 Å². The van der Waals surface area contributed by atoms with Crippen molar-refractivity contribution in [1.29, 1.82) is 0 Å². The van der Waals surface area contributed by atoms with E-state index in [1.807, 2.05) is 60.7 Å². The topological polar surface area (TPSA) is 86.7 Å². The molecule has 0 saturated carbocycles. The van der Waals surface area contributed by atoms with E-state index in [1.54, 1.807) is 0 Å². The summed E-state index contributed by atoms with van der Waals surface area (Å²) in [5, 5.41) is 12.0. The number of benzene rings is 2. The molecule has 6 heteroatoms. The molecular weight excluding hydrogens is 356 g/mol. The zero-order chi connectivity index (χ0) is 20.5. The van der Waals surface area contributed by atoms with Crippen LogP contribution in [-0.4, -0.2) is 46.9 Å². The van der Waals surface area contributed by atoms with Gasteiger partial charge >= 0.3 is 5.97 Å². The monoisotopic (exact) mass is 382 g/mol.